The number of rotatable bonds is 16. The van der Waals surface area contributed by atoms with E-state index in [1.165, 1.54) is 38.5 Å². The molecule has 3 aromatic carbocycles. The maximum atomic E-state index is 12.7. The molecule has 0 unspecified atom stereocenters. The molecule has 10 nitrogen and oxygen atoms in total. The van der Waals surface area contributed by atoms with E-state index in [1.54, 1.807) is 22.3 Å². The van der Waals surface area contributed by atoms with Gasteiger partial charge in [0.05, 0.1) is 13.1 Å². The number of benzene rings is 3. The van der Waals surface area contributed by atoms with Crippen LogP contribution in [-0.2, 0) is 0 Å². The molecule has 4 N–H and O–H groups in total. The predicted molar refractivity (Wildman–Crippen MR) is 226 cm³/mol. The molecule has 4 aliphatic heterocycles. The van der Waals surface area contributed by atoms with Crippen LogP contribution < -0.4 is 20.9 Å². The van der Waals surface area contributed by atoms with Gasteiger partial charge in [-0.05, 0) is 149 Å². The molecule has 310 valence electrons. The Hall–Kier alpha value is -4.28. The third-order valence-corrected chi connectivity index (χ3v) is 15.2. The van der Waals surface area contributed by atoms with Crippen molar-refractivity contribution in [1.29, 1.82) is 0 Å². The average Bonchev–Trinajstić information content (AvgIpc) is 4.01. The average molecular weight is 789 g/mol. The van der Waals surface area contributed by atoms with Gasteiger partial charge in [0.15, 0.2) is 11.5 Å². The number of hydrogen-bond donors (Lipinski definition) is 2. The SMILES string of the molecule is NC(=O)N(CCOc1ccccc1OCCN(C(N)=O)C1CCC(CCN2[C@@H]3CC[C@H]2c2ccccc23)CC1)C1CCC(CCN2[C@@H]3CC[C@H]2c2ccccc23)CC1. The molecule has 0 radical (unpaired) electrons. The maximum absolute atomic E-state index is 12.7. The molecule has 6 aliphatic rings. The Balaban J connectivity index is 0.692. The number of urea groups is 2. The fourth-order valence-electron chi connectivity index (χ4n) is 12.2. The summed E-state index contributed by atoms with van der Waals surface area (Å²) < 4.78 is 12.4. The van der Waals surface area contributed by atoms with Gasteiger partial charge in [-0.15, -0.1) is 0 Å². The Bertz CT molecular complexity index is 1690. The van der Waals surface area contributed by atoms with Crippen LogP contribution in [0.15, 0.2) is 72.8 Å². The van der Waals surface area contributed by atoms with E-state index in [2.05, 4.69) is 58.3 Å². The van der Waals surface area contributed by atoms with E-state index in [1.807, 2.05) is 34.1 Å². The molecule has 4 atom stereocenters. The summed E-state index contributed by atoms with van der Waals surface area (Å²) in [7, 11) is 0. The van der Waals surface area contributed by atoms with Gasteiger partial charge in [-0.3, -0.25) is 9.80 Å². The van der Waals surface area contributed by atoms with Crippen LogP contribution in [0.3, 0.4) is 0 Å². The van der Waals surface area contributed by atoms with Gasteiger partial charge in [-0.1, -0.05) is 60.7 Å². The van der Waals surface area contributed by atoms with Crippen LogP contribution in [0.2, 0.25) is 0 Å². The number of amides is 4. The van der Waals surface area contributed by atoms with Crippen molar-refractivity contribution in [3.05, 3.63) is 95.1 Å². The molecule has 4 heterocycles. The number of fused-ring (bicyclic) bond motifs is 10. The number of carbonyl (C=O) groups is 2. The first-order chi connectivity index (χ1) is 28.4. The molecule has 9 rings (SSSR count). The maximum Gasteiger partial charge on any atom is 0.315 e. The lowest BCUT2D eigenvalue weighted by atomic mass is 9.83. The van der Waals surface area contributed by atoms with Crippen LogP contribution in [0, 0.1) is 11.8 Å². The van der Waals surface area contributed by atoms with Crippen molar-refractivity contribution in [2.75, 3.05) is 39.4 Å². The molecule has 4 fully saturated rings. The van der Waals surface area contributed by atoms with Gasteiger partial charge in [0.1, 0.15) is 13.2 Å². The molecule has 0 spiro atoms. The standard InChI is InChI=1S/C48H64N6O4/c49-47(55)51(35-17-13-33(14-18-35)25-27-53-41-21-22-42(53)38-8-2-1-7-37(38)41)29-31-57-45-11-5-6-12-46(45)58-32-30-52(48(50)56)36-19-15-34(16-20-36)26-28-54-43-23-24-44(54)40-10-4-3-9-39(40)43/h1-12,33-36,41-44H,13-32H2,(H2,49,55)(H2,50,56)/t33?,34?,35?,36?,41-,42+,43-,44+. The van der Waals surface area contributed by atoms with Crippen LogP contribution in [0.4, 0.5) is 9.59 Å². The quantitative estimate of drug-likeness (QED) is 0.150. The lowest BCUT2D eigenvalue weighted by molar-refractivity contribution is 0.121. The van der Waals surface area contributed by atoms with Gasteiger partial charge in [0.2, 0.25) is 0 Å². The minimum atomic E-state index is -0.381. The Labute approximate surface area is 345 Å². The molecule has 4 amide bonds. The summed E-state index contributed by atoms with van der Waals surface area (Å²) in [5.41, 5.74) is 18.1. The Morgan fingerprint density at radius 3 is 1.16 bits per heavy atom. The number of para-hydroxylation sites is 2. The van der Waals surface area contributed by atoms with Crippen molar-refractivity contribution in [3.63, 3.8) is 0 Å². The first kappa shape index (κ1) is 39.2. The highest BCUT2D eigenvalue weighted by Gasteiger charge is 2.44. The summed E-state index contributed by atoms with van der Waals surface area (Å²) in [6.07, 6.45) is 16.0. The fraction of sp³-hybridized carbons (Fsp3) is 0.583. The Morgan fingerprint density at radius 2 is 0.828 bits per heavy atom. The number of nitrogens with zero attached hydrogens (tertiary/aromatic N) is 4. The third-order valence-electron chi connectivity index (χ3n) is 15.2. The molecule has 10 heteroatoms. The van der Waals surface area contributed by atoms with Gasteiger partial charge < -0.3 is 30.7 Å². The van der Waals surface area contributed by atoms with Crippen LogP contribution in [0.1, 0.15) is 136 Å². The number of hydrogen-bond acceptors (Lipinski definition) is 6. The molecule has 3 aromatic rings. The molecule has 58 heavy (non-hydrogen) atoms. The highest BCUT2D eigenvalue weighted by molar-refractivity contribution is 5.72. The van der Waals surface area contributed by atoms with Crippen LogP contribution >= 0.6 is 0 Å². The Kier molecular flexibility index (Phi) is 11.8. The van der Waals surface area contributed by atoms with Crippen molar-refractivity contribution in [3.8, 4) is 11.5 Å². The summed E-state index contributed by atoms with van der Waals surface area (Å²) in [4.78, 5) is 34.4. The summed E-state index contributed by atoms with van der Waals surface area (Å²) in [6.45, 7) is 3.82. The van der Waals surface area contributed by atoms with Crippen molar-refractivity contribution < 1.29 is 19.1 Å². The Morgan fingerprint density at radius 1 is 0.500 bits per heavy atom. The molecule has 4 bridgehead atoms. The molecule has 2 saturated heterocycles. The monoisotopic (exact) mass is 788 g/mol. The molecule has 0 aromatic heterocycles. The molecule has 2 aliphatic carbocycles. The lowest BCUT2D eigenvalue weighted by Gasteiger charge is -2.37. The van der Waals surface area contributed by atoms with Crippen LogP contribution in [-0.4, -0.2) is 83.1 Å². The van der Waals surface area contributed by atoms with E-state index < -0.39 is 0 Å². The normalized spacial score (nSPS) is 28.6. The lowest BCUT2D eigenvalue weighted by Crippen LogP contribution is -2.47. The molecule has 2 saturated carbocycles. The van der Waals surface area contributed by atoms with Gasteiger partial charge in [0, 0.05) is 36.3 Å². The van der Waals surface area contributed by atoms with E-state index in [4.69, 9.17) is 20.9 Å². The van der Waals surface area contributed by atoms with Crippen molar-refractivity contribution in [2.24, 2.45) is 23.3 Å². The second-order valence-electron chi connectivity index (χ2n) is 18.1. The molecular weight excluding hydrogens is 725 g/mol. The van der Waals surface area contributed by atoms with E-state index in [0.717, 1.165) is 64.5 Å². The van der Waals surface area contributed by atoms with Crippen molar-refractivity contribution in [2.45, 2.75) is 126 Å². The summed E-state index contributed by atoms with van der Waals surface area (Å²) in [6, 6.07) is 27.6. The molecular formula is C48H64N6O4. The van der Waals surface area contributed by atoms with Crippen LogP contribution in [0.5, 0.6) is 11.5 Å². The van der Waals surface area contributed by atoms with Gasteiger partial charge >= 0.3 is 12.1 Å². The number of primary amides is 2. The zero-order valence-corrected chi connectivity index (χ0v) is 34.3. The number of ether oxygens (including phenoxy) is 2. The van der Waals surface area contributed by atoms with E-state index in [9.17, 15) is 9.59 Å². The van der Waals surface area contributed by atoms with E-state index in [0.29, 0.717) is 73.8 Å². The highest BCUT2D eigenvalue weighted by Crippen LogP contribution is 2.54. The zero-order chi connectivity index (χ0) is 39.6. The van der Waals surface area contributed by atoms with Crippen molar-refractivity contribution in [1.82, 2.24) is 19.6 Å². The van der Waals surface area contributed by atoms with E-state index in [-0.39, 0.29) is 24.1 Å². The topological polar surface area (TPSA) is 118 Å². The van der Waals surface area contributed by atoms with Gasteiger partial charge in [0.25, 0.3) is 0 Å². The minimum Gasteiger partial charge on any atom is -0.488 e. The van der Waals surface area contributed by atoms with Crippen molar-refractivity contribution >= 4 is 12.1 Å². The predicted octanol–water partition coefficient (Wildman–Crippen LogP) is 8.89. The highest BCUT2D eigenvalue weighted by atomic mass is 16.5. The first-order valence-electron chi connectivity index (χ1n) is 22.6. The van der Waals surface area contributed by atoms with Gasteiger partial charge in [-0.2, -0.15) is 0 Å². The fourth-order valence-corrected chi connectivity index (χ4v) is 12.2. The van der Waals surface area contributed by atoms with E-state index >= 15 is 0 Å². The zero-order valence-electron chi connectivity index (χ0n) is 34.3. The first-order valence-corrected chi connectivity index (χ1v) is 22.6. The summed E-state index contributed by atoms with van der Waals surface area (Å²) >= 11 is 0. The number of nitrogens with two attached hydrogens (primary N) is 2. The van der Waals surface area contributed by atoms with Gasteiger partial charge in [-0.25, -0.2) is 9.59 Å². The third kappa shape index (κ3) is 8.03. The number of carbonyl (C=O) groups excluding carboxylic acids is 2. The summed E-state index contributed by atoms with van der Waals surface area (Å²) in [5, 5.41) is 0. The second kappa shape index (κ2) is 17.5. The largest absolute Gasteiger partial charge is 0.488 e. The summed E-state index contributed by atoms with van der Waals surface area (Å²) in [5.74, 6) is 2.62. The smallest absolute Gasteiger partial charge is 0.315 e. The second-order valence-corrected chi connectivity index (χ2v) is 18.1. The minimum absolute atomic E-state index is 0.143. The van der Waals surface area contributed by atoms with Crippen LogP contribution in [0.25, 0.3) is 0 Å².